The van der Waals surface area contributed by atoms with Crippen LogP contribution in [0.5, 0.6) is 0 Å². The summed E-state index contributed by atoms with van der Waals surface area (Å²) in [6.07, 6.45) is 1.71. The minimum absolute atomic E-state index is 0.211. The first kappa shape index (κ1) is 5.94. The van der Waals surface area contributed by atoms with Gasteiger partial charge in [0.05, 0.1) is 6.61 Å². The van der Waals surface area contributed by atoms with Crippen molar-refractivity contribution >= 4 is 7.48 Å². The predicted octanol–water partition coefficient (Wildman–Crippen LogP) is 0.0318. The van der Waals surface area contributed by atoms with Crippen LogP contribution in [-0.4, -0.2) is 24.3 Å². The Morgan fingerprint density at radius 1 is 1.80 bits per heavy atom. The summed E-state index contributed by atoms with van der Waals surface area (Å²) in [6.45, 7) is 0.572. The second-order valence-electron chi connectivity index (χ2n) is 2.14. The van der Waals surface area contributed by atoms with Crippen LogP contribution in [0.3, 0.4) is 0 Å². The van der Waals surface area contributed by atoms with Crippen LogP contribution < -0.4 is 0 Å². The van der Waals surface area contributed by atoms with Crippen molar-refractivity contribution in [2.75, 3.05) is 6.61 Å². The number of nitrogens with zero attached hydrogens (tertiary/aromatic N) is 1. The van der Waals surface area contributed by atoms with E-state index in [0.717, 1.165) is 5.69 Å². The number of hydrogen-bond donors (Lipinski definition) is 1. The first-order chi connectivity index (χ1) is 4.97. The van der Waals surface area contributed by atoms with Crippen LogP contribution in [0.1, 0.15) is 11.5 Å². The fraction of sp³-hybridized carbons (Fsp3) is 0.400. The number of hydrogen-bond acceptors (Lipinski definition) is 3. The largest absolute Gasteiger partial charge is 0.356 e. The van der Waals surface area contributed by atoms with Crippen LogP contribution in [0.25, 0.3) is 0 Å². The molecule has 0 aliphatic carbocycles. The van der Waals surface area contributed by atoms with Gasteiger partial charge in [-0.2, -0.15) is 5.10 Å². The minimum Gasteiger partial charge on any atom is -0.310 e. The molecule has 1 unspecified atom stereocenters. The van der Waals surface area contributed by atoms with Crippen LogP contribution in [-0.2, 0) is 9.69 Å². The third kappa shape index (κ3) is 0.934. The van der Waals surface area contributed by atoms with Gasteiger partial charge in [0.1, 0.15) is 0 Å². The molecule has 0 amide bonds. The monoisotopic (exact) mass is 137 g/mol. The molecule has 5 heteroatoms. The molecule has 1 radical (unpaired) electrons. The Labute approximate surface area is 58.7 Å². The smallest absolute Gasteiger partial charge is 0.310 e. The lowest BCUT2D eigenvalue weighted by Gasteiger charge is -1.96. The van der Waals surface area contributed by atoms with Gasteiger partial charge in [0, 0.05) is 17.7 Å². The van der Waals surface area contributed by atoms with E-state index in [0.29, 0.717) is 6.61 Å². The lowest BCUT2D eigenvalue weighted by molar-refractivity contribution is -0.183. The zero-order valence-corrected chi connectivity index (χ0v) is 5.28. The molecular weight excluding hydrogens is 131 g/mol. The number of rotatable bonds is 1. The van der Waals surface area contributed by atoms with Gasteiger partial charge in [-0.25, -0.2) is 0 Å². The quantitative estimate of drug-likeness (QED) is 0.438. The van der Waals surface area contributed by atoms with Crippen molar-refractivity contribution in [2.45, 2.75) is 5.82 Å². The van der Waals surface area contributed by atoms with Crippen molar-refractivity contribution in [3.63, 3.8) is 0 Å². The fourth-order valence-electron chi connectivity index (χ4n) is 0.894. The summed E-state index contributed by atoms with van der Waals surface area (Å²) in [5.74, 6) is 0.211. The number of aromatic nitrogens is 2. The Kier molecular flexibility index (Phi) is 1.45. The zero-order valence-electron chi connectivity index (χ0n) is 5.28. The highest BCUT2D eigenvalue weighted by Crippen LogP contribution is 2.16. The van der Waals surface area contributed by atoms with Crippen LogP contribution in [0.2, 0.25) is 0 Å². The average molecular weight is 137 g/mol. The third-order valence-corrected chi connectivity index (χ3v) is 1.46. The van der Waals surface area contributed by atoms with Gasteiger partial charge >= 0.3 is 7.48 Å². The van der Waals surface area contributed by atoms with E-state index in [1.54, 1.807) is 13.7 Å². The summed E-state index contributed by atoms with van der Waals surface area (Å²) in [4.78, 5) is 9.29. The van der Waals surface area contributed by atoms with E-state index in [2.05, 4.69) is 19.9 Å². The number of H-pyrrole nitrogens is 1. The first-order valence-electron chi connectivity index (χ1n) is 3.08. The minimum atomic E-state index is 0.211. The molecule has 1 aromatic rings. The molecule has 4 nitrogen and oxygen atoms in total. The lowest BCUT2D eigenvalue weighted by Crippen LogP contribution is -2.04. The molecule has 1 saturated heterocycles. The van der Waals surface area contributed by atoms with Gasteiger partial charge in [-0.05, 0) is 6.07 Å². The normalized spacial score (nSPS) is 24.6. The van der Waals surface area contributed by atoms with Crippen LogP contribution >= 0.6 is 0 Å². The maximum absolute atomic E-state index is 4.68. The van der Waals surface area contributed by atoms with E-state index >= 15 is 0 Å². The molecule has 51 valence electrons. The van der Waals surface area contributed by atoms with Crippen LogP contribution in [0.4, 0.5) is 0 Å². The van der Waals surface area contributed by atoms with Crippen LogP contribution in [0, 0.1) is 0 Å². The molecule has 0 bridgehead atoms. The molecule has 1 aliphatic heterocycles. The molecule has 1 fully saturated rings. The highest BCUT2D eigenvalue weighted by atomic mass is 17.2. The van der Waals surface area contributed by atoms with Gasteiger partial charge in [-0.15, -0.1) is 0 Å². The van der Waals surface area contributed by atoms with Crippen molar-refractivity contribution in [2.24, 2.45) is 0 Å². The maximum atomic E-state index is 4.68. The molecule has 2 heterocycles. The Bertz CT molecular complexity index is 195. The second kappa shape index (κ2) is 2.44. The molecule has 2 rings (SSSR count). The third-order valence-electron chi connectivity index (χ3n) is 1.46. The number of aromatic amines is 1. The van der Waals surface area contributed by atoms with Crippen molar-refractivity contribution in [3.8, 4) is 0 Å². The summed E-state index contributed by atoms with van der Waals surface area (Å²) in [5, 5.41) is 6.65. The van der Waals surface area contributed by atoms with Crippen molar-refractivity contribution in [3.05, 3.63) is 18.0 Å². The summed E-state index contributed by atoms with van der Waals surface area (Å²) in [5.41, 5.74) is 1.03. The number of nitrogens with one attached hydrogen (secondary N) is 1. The summed E-state index contributed by atoms with van der Waals surface area (Å²) in [7, 11) is 1.65. The average Bonchev–Trinajstić information content (AvgIpc) is 2.59. The van der Waals surface area contributed by atoms with Gasteiger partial charge in [0.15, 0.2) is 0 Å². The van der Waals surface area contributed by atoms with E-state index in [1.807, 2.05) is 6.07 Å². The van der Waals surface area contributed by atoms with Gasteiger partial charge in [0.25, 0.3) is 0 Å². The van der Waals surface area contributed by atoms with Gasteiger partial charge in [-0.3, -0.25) is 9.99 Å². The van der Waals surface area contributed by atoms with Gasteiger partial charge in [0.2, 0.25) is 0 Å². The molecule has 0 spiro atoms. The second-order valence-corrected chi connectivity index (χ2v) is 2.14. The SMILES string of the molecule is [B]1OOCC1c1ccn[nH]1. The molecular formula is C5H6BN2O2. The molecule has 1 aromatic heterocycles. The Hall–Kier alpha value is -0.805. The highest BCUT2D eigenvalue weighted by Gasteiger charge is 2.22. The molecule has 1 N–H and O–H groups in total. The molecule has 0 saturated carbocycles. The van der Waals surface area contributed by atoms with Crippen LogP contribution in [0.15, 0.2) is 12.3 Å². The Morgan fingerprint density at radius 2 is 2.80 bits per heavy atom. The maximum Gasteiger partial charge on any atom is 0.356 e. The molecule has 10 heavy (non-hydrogen) atoms. The van der Waals surface area contributed by atoms with Gasteiger partial charge < -0.3 is 4.81 Å². The van der Waals surface area contributed by atoms with Crippen molar-refractivity contribution in [1.82, 2.24) is 10.2 Å². The zero-order chi connectivity index (χ0) is 6.81. The van der Waals surface area contributed by atoms with Gasteiger partial charge in [-0.1, -0.05) is 0 Å². The summed E-state index contributed by atoms with van der Waals surface area (Å²) in [6, 6.07) is 1.90. The molecule has 1 aliphatic rings. The van der Waals surface area contributed by atoms with E-state index < -0.39 is 0 Å². The molecule has 1 atom stereocenters. The van der Waals surface area contributed by atoms with E-state index in [4.69, 9.17) is 0 Å². The standard InChI is InChI=1S/C5H6BN2O2/c1-2-7-8-5(1)4-3-9-10-6-4/h1-2,4H,3H2,(H,7,8). The van der Waals surface area contributed by atoms with Crippen molar-refractivity contribution in [1.29, 1.82) is 0 Å². The van der Waals surface area contributed by atoms with E-state index in [9.17, 15) is 0 Å². The van der Waals surface area contributed by atoms with E-state index in [-0.39, 0.29) is 5.82 Å². The lowest BCUT2D eigenvalue weighted by atomic mass is 9.80. The van der Waals surface area contributed by atoms with E-state index in [1.165, 1.54) is 0 Å². The first-order valence-corrected chi connectivity index (χ1v) is 3.08. The highest BCUT2D eigenvalue weighted by molar-refractivity contribution is 6.30. The Balaban J connectivity index is 2.12. The summed E-state index contributed by atoms with van der Waals surface area (Å²) < 4.78 is 0. The fourth-order valence-corrected chi connectivity index (χ4v) is 0.894. The topological polar surface area (TPSA) is 47.1 Å². The predicted molar refractivity (Wildman–Crippen MR) is 34.1 cm³/mol. The van der Waals surface area contributed by atoms with Crippen molar-refractivity contribution < 1.29 is 9.69 Å². The Morgan fingerprint density at radius 3 is 3.40 bits per heavy atom. The molecule has 0 aromatic carbocycles. The summed E-state index contributed by atoms with van der Waals surface area (Å²) >= 11 is 0.